The molecule has 0 unspecified atom stereocenters. The van der Waals surface area contributed by atoms with Crippen LogP contribution in [0.15, 0.2) is 28.1 Å². The summed E-state index contributed by atoms with van der Waals surface area (Å²) in [6, 6.07) is 3.18. The van der Waals surface area contributed by atoms with Gasteiger partial charge in [0, 0.05) is 26.4 Å². The molecular weight excluding hydrogens is 154 g/mol. The van der Waals surface area contributed by atoms with Gasteiger partial charge in [-0.05, 0) is 6.07 Å². The van der Waals surface area contributed by atoms with E-state index in [9.17, 15) is 4.79 Å². The van der Waals surface area contributed by atoms with Gasteiger partial charge in [-0.1, -0.05) is 0 Å². The highest BCUT2D eigenvalue weighted by molar-refractivity contribution is 5.60. The smallest absolute Gasteiger partial charge is 0.250 e. The quantitative estimate of drug-likeness (QED) is 0.515. The minimum absolute atomic E-state index is 0.136. The summed E-state index contributed by atoms with van der Waals surface area (Å²) in [4.78, 5) is 19.2. The van der Waals surface area contributed by atoms with Crippen molar-refractivity contribution in [2.75, 3.05) is 14.1 Å². The summed E-state index contributed by atoms with van der Waals surface area (Å²) < 4.78 is 0. The zero-order valence-electron chi connectivity index (χ0n) is 7.11. The summed E-state index contributed by atoms with van der Waals surface area (Å²) in [5, 5.41) is 0. The van der Waals surface area contributed by atoms with Crippen molar-refractivity contribution in [3.8, 4) is 0 Å². The lowest BCUT2D eigenvalue weighted by atomic mass is 10.4. The van der Waals surface area contributed by atoms with E-state index in [-0.39, 0.29) is 5.56 Å². The van der Waals surface area contributed by atoms with Crippen molar-refractivity contribution in [2.45, 2.75) is 0 Å². The average molecular weight is 165 g/mol. The van der Waals surface area contributed by atoms with Crippen LogP contribution in [-0.2, 0) is 0 Å². The molecular formula is C8H11N3O. The molecule has 1 heterocycles. The SMILES string of the molecule is CN(C)C=Nc1cc[nH]c(=O)c1. The van der Waals surface area contributed by atoms with Crippen molar-refractivity contribution >= 4 is 12.0 Å². The van der Waals surface area contributed by atoms with Gasteiger partial charge in [0.1, 0.15) is 0 Å². The normalized spacial score (nSPS) is 10.5. The molecule has 0 radical (unpaired) electrons. The Morgan fingerprint density at radius 1 is 1.58 bits per heavy atom. The van der Waals surface area contributed by atoms with Crippen LogP contribution in [0.4, 0.5) is 5.69 Å². The number of hydrogen-bond donors (Lipinski definition) is 1. The minimum Gasteiger partial charge on any atom is -0.369 e. The summed E-state index contributed by atoms with van der Waals surface area (Å²) in [6.45, 7) is 0. The van der Waals surface area contributed by atoms with Crippen molar-refractivity contribution in [3.05, 3.63) is 28.7 Å². The Balaban J connectivity index is 2.83. The van der Waals surface area contributed by atoms with Crippen molar-refractivity contribution in [3.63, 3.8) is 0 Å². The molecule has 0 aliphatic rings. The topological polar surface area (TPSA) is 48.5 Å². The number of aromatic amines is 1. The third-order valence-electron chi connectivity index (χ3n) is 1.20. The highest BCUT2D eigenvalue weighted by Crippen LogP contribution is 2.03. The molecule has 1 rings (SSSR count). The predicted molar refractivity (Wildman–Crippen MR) is 48.9 cm³/mol. The molecule has 0 saturated heterocycles. The maximum Gasteiger partial charge on any atom is 0.250 e. The van der Waals surface area contributed by atoms with Gasteiger partial charge in [0.2, 0.25) is 5.56 Å². The van der Waals surface area contributed by atoms with E-state index >= 15 is 0 Å². The first kappa shape index (κ1) is 8.52. The number of H-pyrrole nitrogens is 1. The lowest BCUT2D eigenvalue weighted by Crippen LogP contribution is -2.07. The van der Waals surface area contributed by atoms with Crippen LogP contribution in [0.1, 0.15) is 0 Å². The largest absolute Gasteiger partial charge is 0.369 e. The zero-order valence-corrected chi connectivity index (χ0v) is 7.11. The minimum atomic E-state index is -0.136. The Bertz CT molecular complexity index is 327. The van der Waals surface area contributed by atoms with Crippen LogP contribution >= 0.6 is 0 Å². The summed E-state index contributed by atoms with van der Waals surface area (Å²) in [5.74, 6) is 0. The van der Waals surface area contributed by atoms with Gasteiger partial charge in [-0.25, -0.2) is 4.99 Å². The highest BCUT2D eigenvalue weighted by atomic mass is 16.1. The van der Waals surface area contributed by atoms with Crippen LogP contribution in [0.3, 0.4) is 0 Å². The Labute approximate surface area is 70.6 Å². The predicted octanol–water partition coefficient (Wildman–Crippen LogP) is 0.596. The average Bonchev–Trinajstić information content (AvgIpc) is 2.01. The van der Waals surface area contributed by atoms with Gasteiger partial charge >= 0.3 is 0 Å². The number of hydrogen-bond acceptors (Lipinski definition) is 2. The maximum atomic E-state index is 10.8. The van der Waals surface area contributed by atoms with Crippen LogP contribution in [0.2, 0.25) is 0 Å². The van der Waals surface area contributed by atoms with Crippen molar-refractivity contribution in [2.24, 2.45) is 4.99 Å². The summed E-state index contributed by atoms with van der Waals surface area (Å²) in [6.07, 6.45) is 3.22. The maximum absolute atomic E-state index is 10.8. The van der Waals surface area contributed by atoms with Crippen molar-refractivity contribution < 1.29 is 0 Å². The first-order chi connectivity index (χ1) is 5.68. The van der Waals surface area contributed by atoms with E-state index in [4.69, 9.17) is 0 Å². The monoisotopic (exact) mass is 165 g/mol. The molecule has 0 fully saturated rings. The Morgan fingerprint density at radius 3 is 2.92 bits per heavy atom. The number of rotatable bonds is 2. The van der Waals surface area contributed by atoms with Crippen LogP contribution in [0.5, 0.6) is 0 Å². The third kappa shape index (κ3) is 2.57. The van der Waals surface area contributed by atoms with Gasteiger partial charge in [-0.3, -0.25) is 4.79 Å². The van der Waals surface area contributed by atoms with Crippen molar-refractivity contribution in [1.29, 1.82) is 0 Å². The Morgan fingerprint density at radius 2 is 2.33 bits per heavy atom. The van der Waals surface area contributed by atoms with Gasteiger partial charge in [-0.2, -0.15) is 0 Å². The molecule has 4 nitrogen and oxygen atoms in total. The molecule has 64 valence electrons. The van der Waals surface area contributed by atoms with E-state index in [1.807, 2.05) is 14.1 Å². The number of aromatic nitrogens is 1. The number of nitrogens with one attached hydrogen (secondary N) is 1. The molecule has 0 atom stereocenters. The second-order valence-corrected chi connectivity index (χ2v) is 2.62. The van der Waals surface area contributed by atoms with E-state index in [1.165, 1.54) is 6.07 Å². The molecule has 1 aromatic heterocycles. The molecule has 0 spiro atoms. The lowest BCUT2D eigenvalue weighted by molar-refractivity contribution is 0.643. The summed E-state index contributed by atoms with van der Waals surface area (Å²) in [5.41, 5.74) is 0.524. The molecule has 0 aliphatic heterocycles. The van der Waals surface area contributed by atoms with E-state index in [0.717, 1.165) is 0 Å². The molecule has 12 heavy (non-hydrogen) atoms. The van der Waals surface area contributed by atoms with Gasteiger partial charge < -0.3 is 9.88 Å². The third-order valence-corrected chi connectivity index (χ3v) is 1.20. The lowest BCUT2D eigenvalue weighted by Gasteiger charge is -2.01. The van der Waals surface area contributed by atoms with Gasteiger partial charge in [0.05, 0.1) is 12.0 Å². The number of pyridine rings is 1. The molecule has 4 heteroatoms. The standard InChI is InChI=1S/C8H11N3O/c1-11(2)6-10-7-3-4-9-8(12)5-7/h3-6H,1-2H3,(H,9,12). The highest BCUT2D eigenvalue weighted by Gasteiger charge is 1.87. The fraction of sp³-hybridized carbons (Fsp3) is 0.250. The Hall–Kier alpha value is -1.58. The van der Waals surface area contributed by atoms with Crippen LogP contribution in [0.25, 0.3) is 0 Å². The molecule has 0 saturated carbocycles. The first-order valence-corrected chi connectivity index (χ1v) is 3.58. The van der Waals surface area contributed by atoms with E-state index in [0.29, 0.717) is 5.69 Å². The first-order valence-electron chi connectivity index (χ1n) is 3.58. The summed E-state index contributed by atoms with van der Waals surface area (Å²) in [7, 11) is 3.74. The van der Waals surface area contributed by atoms with Gasteiger partial charge in [-0.15, -0.1) is 0 Å². The molecule has 0 aromatic carbocycles. The molecule has 1 aromatic rings. The van der Waals surface area contributed by atoms with Crippen LogP contribution in [0, 0.1) is 0 Å². The second kappa shape index (κ2) is 3.71. The number of aliphatic imine (C=N–C) groups is 1. The Kier molecular flexibility index (Phi) is 2.63. The van der Waals surface area contributed by atoms with Gasteiger partial charge in [0.15, 0.2) is 0 Å². The molecule has 1 N–H and O–H groups in total. The van der Waals surface area contributed by atoms with Crippen LogP contribution in [-0.4, -0.2) is 30.3 Å². The molecule has 0 aliphatic carbocycles. The van der Waals surface area contributed by atoms with E-state index < -0.39 is 0 Å². The van der Waals surface area contributed by atoms with E-state index in [1.54, 1.807) is 23.5 Å². The fourth-order valence-electron chi connectivity index (χ4n) is 0.696. The zero-order chi connectivity index (χ0) is 8.97. The molecule has 0 amide bonds. The fourth-order valence-corrected chi connectivity index (χ4v) is 0.696. The van der Waals surface area contributed by atoms with Gasteiger partial charge in [0.25, 0.3) is 0 Å². The molecule has 0 bridgehead atoms. The second-order valence-electron chi connectivity index (χ2n) is 2.62. The summed E-state index contributed by atoms with van der Waals surface area (Å²) >= 11 is 0. The van der Waals surface area contributed by atoms with E-state index in [2.05, 4.69) is 9.98 Å². The van der Waals surface area contributed by atoms with Crippen LogP contribution < -0.4 is 5.56 Å². The number of nitrogens with zero attached hydrogens (tertiary/aromatic N) is 2. The van der Waals surface area contributed by atoms with Crippen molar-refractivity contribution in [1.82, 2.24) is 9.88 Å².